The monoisotopic (exact) mass is 518 g/mol. The quantitative estimate of drug-likeness (QED) is 0.455. The summed E-state index contributed by atoms with van der Waals surface area (Å²) in [4.78, 5) is 31.7. The van der Waals surface area contributed by atoms with Crippen molar-refractivity contribution in [2.24, 2.45) is 5.92 Å². The van der Waals surface area contributed by atoms with Crippen molar-refractivity contribution in [1.29, 1.82) is 0 Å². The van der Waals surface area contributed by atoms with Crippen LogP contribution in [-0.4, -0.2) is 47.9 Å². The van der Waals surface area contributed by atoms with Crippen LogP contribution in [-0.2, 0) is 16.0 Å². The van der Waals surface area contributed by atoms with Crippen molar-refractivity contribution < 1.29 is 14.3 Å². The fourth-order valence-corrected chi connectivity index (χ4v) is 5.07. The van der Waals surface area contributed by atoms with Crippen LogP contribution in [0.2, 0.25) is 5.02 Å². The first kappa shape index (κ1) is 25.2. The molecule has 1 fully saturated rings. The van der Waals surface area contributed by atoms with Crippen LogP contribution in [0.1, 0.15) is 42.1 Å². The van der Waals surface area contributed by atoms with E-state index in [1.807, 2.05) is 60.7 Å². The van der Waals surface area contributed by atoms with Gasteiger partial charge in [-0.2, -0.15) is 0 Å². The van der Waals surface area contributed by atoms with Crippen molar-refractivity contribution in [2.75, 3.05) is 31.6 Å². The van der Waals surface area contributed by atoms with E-state index in [9.17, 15) is 9.59 Å². The Labute approximate surface area is 222 Å². The zero-order valence-corrected chi connectivity index (χ0v) is 21.4. The first-order valence-corrected chi connectivity index (χ1v) is 13.2. The van der Waals surface area contributed by atoms with Gasteiger partial charge in [-0.25, -0.2) is 0 Å². The average molecular weight is 519 g/mol. The normalized spacial score (nSPS) is 16.9. The van der Waals surface area contributed by atoms with E-state index < -0.39 is 0 Å². The lowest BCUT2D eigenvalue weighted by Gasteiger charge is -2.32. The van der Waals surface area contributed by atoms with Gasteiger partial charge < -0.3 is 15.4 Å². The lowest BCUT2D eigenvalue weighted by atomic mass is 9.94. The summed E-state index contributed by atoms with van der Waals surface area (Å²) in [6.07, 6.45) is 4.64. The smallest absolute Gasteiger partial charge is 0.224 e. The maximum atomic E-state index is 13.2. The SMILES string of the molecule is O=C1CCc2ccc(OCCN3CCC(C(=O)N[C@H](c4ccc(Cl)cc4)c4ccccn4)CC3)cc2N1. The minimum absolute atomic E-state index is 0.0417. The summed E-state index contributed by atoms with van der Waals surface area (Å²) >= 11 is 6.08. The van der Waals surface area contributed by atoms with Gasteiger partial charge in [0, 0.05) is 41.9 Å². The van der Waals surface area contributed by atoms with Crippen molar-refractivity contribution in [3.8, 4) is 5.75 Å². The number of halogens is 1. The largest absolute Gasteiger partial charge is 0.492 e. The predicted octanol–water partition coefficient (Wildman–Crippen LogP) is 4.62. The number of carbonyl (C=O) groups is 2. The number of pyridine rings is 1. The number of likely N-dealkylation sites (tertiary alicyclic amines) is 1. The Morgan fingerprint density at radius 1 is 1.11 bits per heavy atom. The number of amides is 2. The van der Waals surface area contributed by atoms with Gasteiger partial charge >= 0.3 is 0 Å². The van der Waals surface area contributed by atoms with Crippen LogP contribution in [0.25, 0.3) is 0 Å². The molecule has 0 saturated carbocycles. The third-order valence-electron chi connectivity index (χ3n) is 7.08. The molecule has 1 aromatic heterocycles. The molecule has 1 saturated heterocycles. The molecule has 0 bridgehead atoms. The fourth-order valence-electron chi connectivity index (χ4n) is 4.94. The van der Waals surface area contributed by atoms with Crippen LogP contribution in [0.5, 0.6) is 5.75 Å². The summed E-state index contributed by atoms with van der Waals surface area (Å²) in [5, 5.41) is 6.80. The number of anilines is 1. The van der Waals surface area contributed by atoms with Gasteiger partial charge in [-0.3, -0.25) is 19.5 Å². The van der Waals surface area contributed by atoms with Gasteiger partial charge in [-0.1, -0.05) is 35.9 Å². The molecular formula is C29H31ClN4O3. The molecule has 7 nitrogen and oxygen atoms in total. The van der Waals surface area contributed by atoms with Gasteiger partial charge in [0.2, 0.25) is 11.8 Å². The van der Waals surface area contributed by atoms with Crippen molar-refractivity contribution in [3.05, 3.63) is 88.7 Å². The number of hydrogen-bond donors (Lipinski definition) is 2. The Balaban J connectivity index is 1.11. The van der Waals surface area contributed by atoms with Gasteiger partial charge in [0.05, 0.1) is 11.7 Å². The zero-order chi connectivity index (χ0) is 25.6. The molecule has 37 heavy (non-hydrogen) atoms. The van der Waals surface area contributed by atoms with E-state index in [1.165, 1.54) is 0 Å². The van der Waals surface area contributed by atoms with E-state index in [-0.39, 0.29) is 23.8 Å². The third kappa shape index (κ3) is 6.48. The highest BCUT2D eigenvalue weighted by atomic mass is 35.5. The second kappa shape index (κ2) is 11.8. The molecule has 0 aliphatic carbocycles. The summed E-state index contributed by atoms with van der Waals surface area (Å²) in [7, 11) is 0. The van der Waals surface area contributed by atoms with Gasteiger partial charge in [0.25, 0.3) is 0 Å². The first-order chi connectivity index (χ1) is 18.0. The number of rotatable bonds is 8. The van der Waals surface area contributed by atoms with Crippen LogP contribution >= 0.6 is 11.6 Å². The zero-order valence-electron chi connectivity index (χ0n) is 20.7. The highest BCUT2D eigenvalue weighted by Crippen LogP contribution is 2.28. The third-order valence-corrected chi connectivity index (χ3v) is 7.34. The van der Waals surface area contributed by atoms with E-state index in [0.29, 0.717) is 18.1 Å². The van der Waals surface area contributed by atoms with Crippen LogP contribution in [0.15, 0.2) is 66.9 Å². The molecule has 2 N–H and O–H groups in total. The van der Waals surface area contributed by atoms with Gasteiger partial charge in [-0.15, -0.1) is 0 Å². The molecule has 0 spiro atoms. The van der Waals surface area contributed by atoms with E-state index in [2.05, 4.69) is 20.5 Å². The number of piperidine rings is 1. The number of aryl methyl sites for hydroxylation is 1. The Morgan fingerprint density at radius 2 is 1.92 bits per heavy atom. The van der Waals surface area contributed by atoms with Crippen LogP contribution in [0, 0.1) is 5.92 Å². The molecule has 5 rings (SSSR count). The highest BCUT2D eigenvalue weighted by Gasteiger charge is 2.28. The van der Waals surface area contributed by atoms with Crippen LogP contribution in [0.4, 0.5) is 5.69 Å². The molecular weight excluding hydrogens is 488 g/mol. The number of nitrogens with zero attached hydrogens (tertiary/aromatic N) is 2. The predicted molar refractivity (Wildman–Crippen MR) is 144 cm³/mol. The second-order valence-corrected chi connectivity index (χ2v) is 10.0. The number of hydrogen-bond acceptors (Lipinski definition) is 5. The molecule has 0 radical (unpaired) electrons. The second-order valence-electron chi connectivity index (χ2n) is 9.58. The molecule has 2 aromatic carbocycles. The average Bonchev–Trinajstić information content (AvgIpc) is 2.93. The number of ether oxygens (including phenoxy) is 1. The van der Waals surface area contributed by atoms with E-state index in [4.69, 9.17) is 16.3 Å². The highest BCUT2D eigenvalue weighted by molar-refractivity contribution is 6.30. The number of carbonyl (C=O) groups excluding carboxylic acids is 2. The first-order valence-electron chi connectivity index (χ1n) is 12.8. The Kier molecular flexibility index (Phi) is 8.02. The maximum absolute atomic E-state index is 13.2. The lowest BCUT2D eigenvalue weighted by molar-refractivity contribution is -0.127. The fraction of sp³-hybridized carbons (Fsp3) is 0.345. The van der Waals surface area contributed by atoms with Crippen LogP contribution < -0.4 is 15.4 Å². The van der Waals surface area contributed by atoms with Crippen molar-refractivity contribution in [2.45, 2.75) is 31.7 Å². The summed E-state index contributed by atoms with van der Waals surface area (Å²) in [6, 6.07) is 18.8. The standard InChI is InChI=1S/C29H31ClN4O3/c30-23-8-4-21(5-9-23)28(25-3-1-2-14-31-25)33-29(36)22-12-15-34(16-13-22)17-18-37-24-10-6-20-7-11-27(35)32-26(20)19-24/h1-6,8-10,14,19,22,28H,7,11-13,15-18H2,(H,32,35)(H,33,36)/t28-/m1/s1. The van der Waals surface area contributed by atoms with Gasteiger partial charge in [0.15, 0.2) is 0 Å². The number of aromatic nitrogens is 1. The Bertz CT molecular complexity index is 1230. The lowest BCUT2D eigenvalue weighted by Crippen LogP contribution is -2.42. The molecule has 3 aromatic rings. The minimum Gasteiger partial charge on any atom is -0.492 e. The molecule has 3 heterocycles. The molecule has 8 heteroatoms. The van der Waals surface area contributed by atoms with Crippen molar-refractivity contribution >= 4 is 29.1 Å². The Morgan fingerprint density at radius 3 is 2.68 bits per heavy atom. The van der Waals surface area contributed by atoms with Crippen LogP contribution in [0.3, 0.4) is 0 Å². The number of benzene rings is 2. The van der Waals surface area contributed by atoms with Gasteiger partial charge in [0.1, 0.15) is 12.4 Å². The molecule has 2 amide bonds. The van der Waals surface area contributed by atoms with E-state index in [1.54, 1.807) is 6.20 Å². The minimum atomic E-state index is -0.321. The van der Waals surface area contributed by atoms with E-state index >= 15 is 0 Å². The van der Waals surface area contributed by atoms with Gasteiger partial charge in [-0.05, 0) is 73.8 Å². The van der Waals surface area contributed by atoms with E-state index in [0.717, 1.165) is 67.2 Å². The molecule has 2 aliphatic rings. The number of fused-ring (bicyclic) bond motifs is 1. The molecule has 2 aliphatic heterocycles. The summed E-state index contributed by atoms with van der Waals surface area (Å²) in [6.45, 7) is 3.04. The maximum Gasteiger partial charge on any atom is 0.224 e. The topological polar surface area (TPSA) is 83.6 Å². The molecule has 192 valence electrons. The summed E-state index contributed by atoms with van der Waals surface area (Å²) < 4.78 is 5.95. The molecule has 1 atom stereocenters. The van der Waals surface area contributed by atoms with Crippen molar-refractivity contribution in [3.63, 3.8) is 0 Å². The summed E-state index contributed by atoms with van der Waals surface area (Å²) in [5.74, 6) is 0.826. The van der Waals surface area contributed by atoms with Crippen molar-refractivity contribution in [1.82, 2.24) is 15.2 Å². The summed E-state index contributed by atoms with van der Waals surface area (Å²) in [5.41, 5.74) is 3.75. The Hall–Kier alpha value is -3.42. The number of nitrogens with one attached hydrogen (secondary N) is 2. The molecule has 0 unspecified atom stereocenters.